The molecule has 4 heteroatoms. The van der Waals surface area contributed by atoms with Crippen LogP contribution in [0, 0.1) is 12.7 Å². The zero-order valence-corrected chi connectivity index (χ0v) is 6.97. The van der Waals surface area contributed by atoms with E-state index in [0.717, 1.165) is 0 Å². The molecule has 0 atom stereocenters. The van der Waals surface area contributed by atoms with E-state index in [0.29, 0.717) is 16.7 Å². The largest absolute Gasteiger partial charge is 0.319 e. The minimum Gasteiger partial charge on any atom is -0.319 e. The van der Waals surface area contributed by atoms with Gasteiger partial charge in [-0.3, -0.25) is 4.79 Å². The van der Waals surface area contributed by atoms with Crippen LogP contribution in [-0.4, -0.2) is 9.97 Å². The molecule has 0 aliphatic rings. The van der Waals surface area contributed by atoms with Gasteiger partial charge in [0.1, 0.15) is 11.5 Å². The van der Waals surface area contributed by atoms with Crippen LogP contribution in [0.2, 0.25) is 0 Å². The van der Waals surface area contributed by atoms with E-state index in [1.165, 1.54) is 18.2 Å². The normalized spacial score (nSPS) is 10.6. The lowest BCUT2D eigenvalue weighted by Gasteiger charge is -1.97. The molecule has 2 rings (SSSR count). The fourth-order valence-electron chi connectivity index (χ4n) is 1.15. The summed E-state index contributed by atoms with van der Waals surface area (Å²) in [5, 5.41) is 0. The highest BCUT2D eigenvalue weighted by molar-refractivity contribution is 5.73. The Labute approximate surface area is 73.2 Å². The third-order valence-corrected chi connectivity index (χ3v) is 1.82. The van der Waals surface area contributed by atoms with Crippen molar-refractivity contribution in [3.8, 4) is 0 Å². The van der Waals surface area contributed by atoms with Gasteiger partial charge in [-0.2, -0.15) is 0 Å². The number of benzene rings is 1. The zero-order valence-electron chi connectivity index (χ0n) is 6.97. The van der Waals surface area contributed by atoms with Crippen LogP contribution >= 0.6 is 0 Å². The van der Waals surface area contributed by atoms with Crippen LogP contribution < -0.4 is 5.56 Å². The number of hydrogen-bond donors (Lipinski definition) is 1. The van der Waals surface area contributed by atoms with Gasteiger partial charge in [0, 0.05) is 6.07 Å². The first kappa shape index (κ1) is 7.91. The van der Waals surface area contributed by atoms with Gasteiger partial charge in [-0.1, -0.05) is 0 Å². The molecule has 2 aromatic rings. The summed E-state index contributed by atoms with van der Waals surface area (Å²) < 4.78 is 12.7. The second-order valence-corrected chi connectivity index (χ2v) is 2.81. The number of aryl methyl sites for hydroxylation is 1. The Morgan fingerprint density at radius 2 is 2.23 bits per heavy atom. The summed E-state index contributed by atoms with van der Waals surface area (Å²) in [6, 6.07) is 4.08. The molecule has 0 fully saturated rings. The van der Waals surface area contributed by atoms with Gasteiger partial charge in [-0.25, -0.2) is 9.37 Å². The predicted octanol–water partition coefficient (Wildman–Crippen LogP) is 1.37. The molecule has 0 saturated carbocycles. The van der Waals surface area contributed by atoms with Gasteiger partial charge in [0.05, 0.1) is 11.0 Å². The number of nitrogens with zero attached hydrogens (tertiary/aromatic N) is 1. The fraction of sp³-hybridized carbons (Fsp3) is 0.111. The van der Waals surface area contributed by atoms with Gasteiger partial charge in [-0.15, -0.1) is 0 Å². The lowest BCUT2D eigenvalue weighted by molar-refractivity contribution is 0.629. The van der Waals surface area contributed by atoms with E-state index in [-0.39, 0.29) is 11.4 Å². The maximum Gasteiger partial charge on any atom is 0.269 e. The maximum atomic E-state index is 12.7. The number of fused-ring (bicyclic) bond motifs is 1. The summed E-state index contributed by atoms with van der Waals surface area (Å²) >= 11 is 0. The summed E-state index contributed by atoms with van der Waals surface area (Å²) in [4.78, 5) is 17.7. The molecule has 1 aromatic heterocycles. The number of H-pyrrole nitrogens is 1. The molecule has 13 heavy (non-hydrogen) atoms. The molecular formula is C9H7FN2O. The van der Waals surface area contributed by atoms with Gasteiger partial charge < -0.3 is 4.98 Å². The fourth-order valence-corrected chi connectivity index (χ4v) is 1.15. The Morgan fingerprint density at radius 1 is 1.46 bits per heavy atom. The minimum absolute atomic E-state index is 0.237. The summed E-state index contributed by atoms with van der Waals surface area (Å²) in [6.45, 7) is 1.59. The Bertz CT molecular complexity index is 518. The first-order valence-corrected chi connectivity index (χ1v) is 3.83. The number of halogens is 1. The third-order valence-electron chi connectivity index (χ3n) is 1.82. The summed E-state index contributed by atoms with van der Waals surface area (Å²) in [7, 11) is 0. The highest BCUT2D eigenvalue weighted by Crippen LogP contribution is 2.08. The summed E-state index contributed by atoms with van der Waals surface area (Å²) in [5.41, 5.74) is 1.13. The molecule has 1 aromatic carbocycles. The molecule has 0 spiro atoms. The smallest absolute Gasteiger partial charge is 0.269 e. The van der Waals surface area contributed by atoms with E-state index < -0.39 is 0 Å². The van der Waals surface area contributed by atoms with Crippen molar-refractivity contribution in [3.05, 3.63) is 40.1 Å². The highest BCUT2D eigenvalue weighted by Gasteiger charge is 2.00. The predicted molar refractivity (Wildman–Crippen MR) is 47.1 cm³/mol. The van der Waals surface area contributed by atoms with Crippen LogP contribution in [-0.2, 0) is 0 Å². The molecule has 0 aliphatic carbocycles. The van der Waals surface area contributed by atoms with Crippen molar-refractivity contribution < 1.29 is 4.39 Å². The van der Waals surface area contributed by atoms with E-state index >= 15 is 0 Å². The van der Waals surface area contributed by atoms with Crippen LogP contribution in [0.4, 0.5) is 4.39 Å². The van der Waals surface area contributed by atoms with Crippen LogP contribution in [0.1, 0.15) is 5.69 Å². The average Bonchev–Trinajstić information content (AvgIpc) is 2.08. The van der Waals surface area contributed by atoms with Gasteiger partial charge >= 0.3 is 0 Å². The molecule has 0 bridgehead atoms. The molecule has 0 aliphatic heterocycles. The first-order valence-electron chi connectivity index (χ1n) is 3.83. The number of hydrogen-bond acceptors (Lipinski definition) is 2. The molecule has 1 heterocycles. The molecular weight excluding hydrogens is 171 g/mol. The van der Waals surface area contributed by atoms with E-state index in [2.05, 4.69) is 9.97 Å². The Kier molecular flexibility index (Phi) is 1.62. The van der Waals surface area contributed by atoms with E-state index in [1.807, 2.05) is 0 Å². The van der Waals surface area contributed by atoms with Gasteiger partial charge in [0.2, 0.25) is 0 Å². The molecule has 0 radical (unpaired) electrons. The van der Waals surface area contributed by atoms with Gasteiger partial charge in [-0.05, 0) is 19.1 Å². The lowest BCUT2D eigenvalue weighted by Crippen LogP contribution is -2.11. The van der Waals surface area contributed by atoms with Crippen LogP contribution in [0.15, 0.2) is 23.0 Å². The van der Waals surface area contributed by atoms with Crippen molar-refractivity contribution in [2.75, 3.05) is 0 Å². The summed E-state index contributed by atoms with van der Waals surface area (Å²) in [6.07, 6.45) is 0. The second-order valence-electron chi connectivity index (χ2n) is 2.81. The van der Waals surface area contributed by atoms with Crippen LogP contribution in [0.3, 0.4) is 0 Å². The number of aromatic nitrogens is 2. The Hall–Kier alpha value is -1.71. The minimum atomic E-state index is -0.355. The number of rotatable bonds is 0. The number of nitrogens with one attached hydrogen (secondary N) is 1. The molecule has 3 nitrogen and oxygen atoms in total. The van der Waals surface area contributed by atoms with E-state index in [9.17, 15) is 9.18 Å². The molecule has 1 N–H and O–H groups in total. The van der Waals surface area contributed by atoms with Crippen molar-refractivity contribution in [2.45, 2.75) is 6.92 Å². The van der Waals surface area contributed by atoms with Crippen molar-refractivity contribution in [1.82, 2.24) is 9.97 Å². The second kappa shape index (κ2) is 2.65. The Morgan fingerprint density at radius 3 is 3.00 bits per heavy atom. The van der Waals surface area contributed by atoms with Crippen molar-refractivity contribution in [3.63, 3.8) is 0 Å². The monoisotopic (exact) mass is 178 g/mol. The SMILES string of the molecule is Cc1nc2cc(F)ccc2[nH]c1=O. The van der Waals surface area contributed by atoms with Crippen LogP contribution in [0.25, 0.3) is 11.0 Å². The standard InChI is InChI=1S/C9H7FN2O/c1-5-9(13)12-7-3-2-6(10)4-8(7)11-5/h2-4H,1H3,(H,12,13). The topological polar surface area (TPSA) is 45.8 Å². The zero-order chi connectivity index (χ0) is 9.42. The first-order chi connectivity index (χ1) is 6.16. The highest BCUT2D eigenvalue weighted by atomic mass is 19.1. The van der Waals surface area contributed by atoms with Crippen molar-refractivity contribution in [1.29, 1.82) is 0 Å². The van der Waals surface area contributed by atoms with Crippen molar-refractivity contribution >= 4 is 11.0 Å². The van der Waals surface area contributed by atoms with E-state index in [4.69, 9.17) is 0 Å². The van der Waals surface area contributed by atoms with Gasteiger partial charge in [0.15, 0.2) is 0 Å². The summed E-state index contributed by atoms with van der Waals surface area (Å²) in [5.74, 6) is -0.355. The number of aromatic amines is 1. The Balaban J connectivity index is 2.89. The van der Waals surface area contributed by atoms with Crippen LogP contribution in [0.5, 0.6) is 0 Å². The van der Waals surface area contributed by atoms with Gasteiger partial charge in [0.25, 0.3) is 5.56 Å². The molecule has 0 amide bonds. The average molecular weight is 178 g/mol. The molecule has 0 unspecified atom stereocenters. The lowest BCUT2D eigenvalue weighted by atomic mass is 10.3. The quantitative estimate of drug-likeness (QED) is 0.662. The molecule has 0 saturated heterocycles. The molecule has 66 valence electrons. The third kappa shape index (κ3) is 1.30. The maximum absolute atomic E-state index is 12.7. The van der Waals surface area contributed by atoms with E-state index in [1.54, 1.807) is 6.92 Å². The van der Waals surface area contributed by atoms with Crippen molar-refractivity contribution in [2.24, 2.45) is 0 Å².